The minimum Gasteiger partial charge on any atom is -0.266 e. The molecule has 5 heteroatoms. The van der Waals surface area contributed by atoms with Crippen LogP contribution in [0.25, 0.3) is 0 Å². The molecule has 0 aliphatic heterocycles. The van der Waals surface area contributed by atoms with Crippen molar-refractivity contribution in [2.45, 2.75) is 12.6 Å². The molecule has 78 valence electrons. The lowest BCUT2D eigenvalue weighted by molar-refractivity contribution is -0.138. The fourth-order valence-corrected chi connectivity index (χ4v) is 1.32. The van der Waals surface area contributed by atoms with Gasteiger partial charge in [-0.25, -0.2) is 0 Å². The molecule has 1 nitrogen and oxygen atoms in total. The van der Waals surface area contributed by atoms with Crippen LogP contribution in [0.1, 0.15) is 11.1 Å². The van der Waals surface area contributed by atoms with Crippen molar-refractivity contribution in [1.82, 2.24) is 4.72 Å². The molecule has 0 heterocycles. The van der Waals surface area contributed by atoms with E-state index in [1.807, 2.05) is 0 Å². The van der Waals surface area contributed by atoms with Gasteiger partial charge in [-0.2, -0.15) is 13.2 Å². The molecule has 0 unspecified atom stereocenters. The Balaban J connectivity index is 2.92. The Morgan fingerprint density at radius 1 is 1.21 bits per heavy atom. The van der Waals surface area contributed by atoms with Gasteiger partial charge in [-0.3, -0.25) is 4.72 Å². The van der Waals surface area contributed by atoms with Crippen LogP contribution < -0.4 is 4.72 Å². The summed E-state index contributed by atoms with van der Waals surface area (Å²) in [6, 6.07) is 5.56. The largest absolute Gasteiger partial charge is 0.416 e. The normalized spacial score (nSPS) is 11.7. The highest BCUT2D eigenvalue weighted by atomic mass is 32.1. The van der Waals surface area contributed by atoms with E-state index in [1.54, 1.807) is 6.07 Å². The van der Waals surface area contributed by atoms with Gasteiger partial charge in [0.2, 0.25) is 0 Å². The summed E-state index contributed by atoms with van der Waals surface area (Å²) in [7, 11) is 0. The average Bonchev–Trinajstić information content (AvgIpc) is 2.14. The van der Waals surface area contributed by atoms with Crippen molar-refractivity contribution in [2.24, 2.45) is 0 Å². The van der Waals surface area contributed by atoms with Crippen molar-refractivity contribution in [3.8, 4) is 0 Å². The zero-order valence-electron chi connectivity index (χ0n) is 7.30. The number of nitrogens with one attached hydrogen (secondary N) is 1. The monoisotopic (exact) mass is 221 g/mol. The summed E-state index contributed by atoms with van der Waals surface area (Å²) in [6.07, 6.45) is -3.95. The third-order valence-corrected chi connectivity index (χ3v) is 2.05. The molecule has 0 fully saturated rings. The molecule has 1 aromatic carbocycles. The van der Waals surface area contributed by atoms with Crippen molar-refractivity contribution in [2.75, 3.05) is 6.54 Å². The van der Waals surface area contributed by atoms with E-state index in [9.17, 15) is 13.2 Å². The third-order valence-electron chi connectivity index (χ3n) is 1.83. The fourth-order valence-electron chi connectivity index (χ4n) is 1.21. The molecular weight excluding hydrogens is 211 g/mol. The number of hydrogen-bond acceptors (Lipinski definition) is 2. The number of benzene rings is 1. The Hall–Kier alpha value is -0.680. The SMILES string of the molecule is FC(F)(F)c1ccccc1CCNS. The van der Waals surface area contributed by atoms with Gasteiger partial charge in [0, 0.05) is 6.54 Å². The predicted octanol–water partition coefficient (Wildman–Crippen LogP) is 2.68. The van der Waals surface area contributed by atoms with E-state index >= 15 is 0 Å². The molecule has 0 bridgehead atoms. The Morgan fingerprint density at radius 2 is 1.86 bits per heavy atom. The summed E-state index contributed by atoms with van der Waals surface area (Å²) in [5.74, 6) is 0. The molecule has 1 aromatic rings. The van der Waals surface area contributed by atoms with Crippen LogP contribution in [-0.4, -0.2) is 6.54 Å². The summed E-state index contributed by atoms with van der Waals surface area (Å²) in [5, 5.41) is 0. The zero-order valence-corrected chi connectivity index (χ0v) is 8.20. The van der Waals surface area contributed by atoms with Gasteiger partial charge in [-0.05, 0) is 18.1 Å². The first-order valence-electron chi connectivity index (χ1n) is 4.08. The second kappa shape index (κ2) is 4.70. The number of rotatable bonds is 3. The van der Waals surface area contributed by atoms with Crippen LogP contribution in [0.2, 0.25) is 0 Å². The minimum absolute atomic E-state index is 0.293. The van der Waals surface area contributed by atoms with Crippen LogP contribution in [0.15, 0.2) is 24.3 Å². The van der Waals surface area contributed by atoms with E-state index < -0.39 is 11.7 Å². The molecule has 14 heavy (non-hydrogen) atoms. The summed E-state index contributed by atoms with van der Waals surface area (Å²) >= 11 is 3.73. The molecule has 1 rings (SSSR count). The van der Waals surface area contributed by atoms with E-state index in [-0.39, 0.29) is 0 Å². The van der Waals surface area contributed by atoms with Gasteiger partial charge < -0.3 is 0 Å². The molecule has 0 atom stereocenters. The van der Waals surface area contributed by atoms with Crippen molar-refractivity contribution < 1.29 is 13.2 Å². The molecule has 0 saturated heterocycles. The van der Waals surface area contributed by atoms with E-state index in [0.717, 1.165) is 6.07 Å². The lowest BCUT2D eigenvalue weighted by atomic mass is 10.0. The second-order valence-electron chi connectivity index (χ2n) is 2.81. The van der Waals surface area contributed by atoms with Crippen LogP contribution >= 0.6 is 12.8 Å². The van der Waals surface area contributed by atoms with Gasteiger partial charge in [0.05, 0.1) is 5.56 Å². The first-order chi connectivity index (χ1) is 6.55. The topological polar surface area (TPSA) is 12.0 Å². The van der Waals surface area contributed by atoms with Crippen molar-refractivity contribution in [3.05, 3.63) is 35.4 Å². The Bertz CT molecular complexity index is 298. The smallest absolute Gasteiger partial charge is 0.266 e. The highest BCUT2D eigenvalue weighted by Gasteiger charge is 2.32. The van der Waals surface area contributed by atoms with E-state index in [0.29, 0.717) is 18.5 Å². The van der Waals surface area contributed by atoms with Gasteiger partial charge in [-0.1, -0.05) is 31.0 Å². The molecule has 0 aliphatic carbocycles. The maximum atomic E-state index is 12.4. The second-order valence-corrected chi connectivity index (χ2v) is 3.13. The Labute approximate surface area is 85.9 Å². The number of alkyl halides is 3. The summed E-state index contributed by atoms with van der Waals surface area (Å²) in [5.41, 5.74) is -0.273. The molecular formula is C9H10F3NS. The highest BCUT2D eigenvalue weighted by molar-refractivity contribution is 7.78. The molecule has 0 radical (unpaired) electrons. The van der Waals surface area contributed by atoms with Crippen molar-refractivity contribution in [3.63, 3.8) is 0 Å². The van der Waals surface area contributed by atoms with Crippen LogP contribution in [0.3, 0.4) is 0 Å². The third kappa shape index (κ3) is 2.92. The zero-order chi connectivity index (χ0) is 10.6. The first kappa shape index (κ1) is 11.4. The van der Waals surface area contributed by atoms with Crippen molar-refractivity contribution >= 4 is 12.8 Å². The fraction of sp³-hybridized carbons (Fsp3) is 0.333. The van der Waals surface area contributed by atoms with Crippen molar-refractivity contribution in [1.29, 1.82) is 0 Å². The van der Waals surface area contributed by atoms with Gasteiger partial charge in [0.25, 0.3) is 0 Å². The molecule has 0 amide bonds. The standard InChI is InChI=1S/C9H10F3NS/c10-9(11,12)8-4-2-1-3-7(8)5-6-13-14/h1-4,13-14H,5-6H2. The molecule has 0 aliphatic rings. The molecule has 0 aromatic heterocycles. The average molecular weight is 221 g/mol. The number of hydrogen-bond donors (Lipinski definition) is 2. The summed E-state index contributed by atoms with van der Waals surface area (Å²) < 4.78 is 39.8. The molecule has 0 spiro atoms. The maximum Gasteiger partial charge on any atom is 0.416 e. The van der Waals surface area contributed by atoms with E-state index in [2.05, 4.69) is 17.5 Å². The Kier molecular flexibility index (Phi) is 3.83. The predicted molar refractivity (Wildman–Crippen MR) is 52.1 cm³/mol. The molecule has 1 N–H and O–H groups in total. The van der Waals surface area contributed by atoms with Crippen LogP contribution in [0.4, 0.5) is 13.2 Å². The van der Waals surface area contributed by atoms with Crippen LogP contribution in [0, 0.1) is 0 Å². The van der Waals surface area contributed by atoms with E-state index in [4.69, 9.17) is 0 Å². The van der Waals surface area contributed by atoms with Gasteiger partial charge in [0.15, 0.2) is 0 Å². The summed E-state index contributed by atoms with van der Waals surface area (Å²) in [4.78, 5) is 0. The Morgan fingerprint density at radius 3 is 2.43 bits per heavy atom. The van der Waals surface area contributed by atoms with E-state index in [1.165, 1.54) is 12.1 Å². The lowest BCUT2D eigenvalue weighted by Crippen LogP contribution is -2.12. The van der Waals surface area contributed by atoms with Gasteiger partial charge in [0.1, 0.15) is 0 Å². The van der Waals surface area contributed by atoms with Gasteiger partial charge in [-0.15, -0.1) is 0 Å². The first-order valence-corrected chi connectivity index (χ1v) is 4.52. The number of thiol groups is 1. The number of halogens is 3. The van der Waals surface area contributed by atoms with Crippen LogP contribution in [-0.2, 0) is 12.6 Å². The quantitative estimate of drug-likeness (QED) is 0.748. The van der Waals surface area contributed by atoms with Gasteiger partial charge >= 0.3 is 6.18 Å². The maximum absolute atomic E-state index is 12.4. The molecule has 0 saturated carbocycles. The summed E-state index contributed by atoms with van der Waals surface area (Å²) in [6.45, 7) is 0.413. The lowest BCUT2D eigenvalue weighted by Gasteiger charge is -2.11. The minimum atomic E-state index is -4.27. The van der Waals surface area contributed by atoms with Crippen LogP contribution in [0.5, 0.6) is 0 Å². The highest BCUT2D eigenvalue weighted by Crippen LogP contribution is 2.31.